The Hall–Kier alpha value is -0.0400. The van der Waals surface area contributed by atoms with Crippen LogP contribution in [0.4, 0.5) is 0 Å². The standard InChI is InChI=1S/C12H20O/c1-11-6-3-4-8-9(11)5-7-12(11,2)10(8)13/h8-10,13H,3-7H2,1-2H3. The van der Waals surface area contributed by atoms with E-state index >= 15 is 0 Å². The minimum Gasteiger partial charge on any atom is -0.392 e. The highest BCUT2D eigenvalue weighted by Gasteiger charge is 2.68. The van der Waals surface area contributed by atoms with E-state index < -0.39 is 0 Å². The zero-order valence-electron chi connectivity index (χ0n) is 8.71. The van der Waals surface area contributed by atoms with E-state index in [1.54, 1.807) is 0 Å². The summed E-state index contributed by atoms with van der Waals surface area (Å²) in [5.74, 6) is 1.50. The molecule has 4 bridgehead atoms. The molecule has 5 unspecified atom stereocenters. The molecule has 13 heavy (non-hydrogen) atoms. The van der Waals surface area contributed by atoms with Crippen LogP contribution in [-0.2, 0) is 0 Å². The van der Waals surface area contributed by atoms with Crippen molar-refractivity contribution in [1.82, 2.24) is 0 Å². The van der Waals surface area contributed by atoms with Crippen LogP contribution in [0, 0.1) is 22.7 Å². The lowest BCUT2D eigenvalue weighted by molar-refractivity contribution is -0.00631. The first-order valence-electron chi connectivity index (χ1n) is 5.78. The van der Waals surface area contributed by atoms with Gasteiger partial charge >= 0.3 is 0 Å². The Morgan fingerprint density at radius 1 is 1.08 bits per heavy atom. The molecule has 1 nitrogen and oxygen atoms in total. The Labute approximate surface area is 80.5 Å². The highest BCUT2D eigenvalue weighted by atomic mass is 16.3. The van der Waals surface area contributed by atoms with Gasteiger partial charge in [-0.05, 0) is 48.3 Å². The van der Waals surface area contributed by atoms with Crippen molar-refractivity contribution in [2.75, 3.05) is 0 Å². The molecule has 3 aliphatic rings. The molecule has 0 aromatic carbocycles. The SMILES string of the molecule is CC12CCC3C(CCCC31C)C2O. The lowest BCUT2D eigenvalue weighted by Crippen LogP contribution is -2.37. The van der Waals surface area contributed by atoms with Crippen molar-refractivity contribution >= 4 is 0 Å². The van der Waals surface area contributed by atoms with E-state index in [2.05, 4.69) is 13.8 Å². The van der Waals surface area contributed by atoms with Crippen molar-refractivity contribution < 1.29 is 5.11 Å². The normalized spacial score (nSPS) is 64.4. The summed E-state index contributed by atoms with van der Waals surface area (Å²) < 4.78 is 0. The summed E-state index contributed by atoms with van der Waals surface area (Å²) in [5.41, 5.74) is 0.744. The summed E-state index contributed by atoms with van der Waals surface area (Å²) in [6.07, 6.45) is 6.67. The molecule has 5 atom stereocenters. The molecule has 3 fully saturated rings. The van der Waals surface area contributed by atoms with Gasteiger partial charge in [-0.1, -0.05) is 20.3 Å². The van der Waals surface area contributed by atoms with Crippen LogP contribution in [-0.4, -0.2) is 11.2 Å². The minimum absolute atomic E-state index is 0.0127. The average Bonchev–Trinajstić information content (AvgIpc) is 2.41. The number of rotatable bonds is 0. The lowest BCUT2D eigenvalue weighted by atomic mass is 9.65. The first kappa shape index (κ1) is 8.28. The fraction of sp³-hybridized carbons (Fsp3) is 1.00. The number of hydrogen-bond donors (Lipinski definition) is 1. The van der Waals surface area contributed by atoms with E-state index in [4.69, 9.17) is 0 Å². The van der Waals surface area contributed by atoms with Crippen molar-refractivity contribution in [3.63, 3.8) is 0 Å². The first-order chi connectivity index (χ1) is 6.09. The van der Waals surface area contributed by atoms with E-state index in [0.29, 0.717) is 11.3 Å². The Bertz CT molecular complexity index is 248. The quantitative estimate of drug-likeness (QED) is 0.607. The summed E-state index contributed by atoms with van der Waals surface area (Å²) >= 11 is 0. The predicted octanol–water partition coefficient (Wildman–Crippen LogP) is 2.58. The van der Waals surface area contributed by atoms with Gasteiger partial charge in [0.1, 0.15) is 0 Å². The summed E-state index contributed by atoms with van der Waals surface area (Å²) in [7, 11) is 0. The van der Waals surface area contributed by atoms with Crippen LogP contribution in [0.5, 0.6) is 0 Å². The molecular formula is C12H20O. The van der Waals surface area contributed by atoms with Gasteiger partial charge in [-0.25, -0.2) is 0 Å². The van der Waals surface area contributed by atoms with Crippen LogP contribution in [0.3, 0.4) is 0 Å². The first-order valence-corrected chi connectivity index (χ1v) is 5.78. The van der Waals surface area contributed by atoms with Gasteiger partial charge in [-0.2, -0.15) is 0 Å². The molecule has 0 heterocycles. The van der Waals surface area contributed by atoms with Gasteiger partial charge in [0.2, 0.25) is 0 Å². The monoisotopic (exact) mass is 180 g/mol. The molecule has 1 heteroatoms. The Morgan fingerprint density at radius 3 is 2.46 bits per heavy atom. The van der Waals surface area contributed by atoms with Crippen LogP contribution >= 0.6 is 0 Å². The highest BCUT2D eigenvalue weighted by Crippen LogP contribution is 2.72. The van der Waals surface area contributed by atoms with E-state index in [-0.39, 0.29) is 11.5 Å². The highest BCUT2D eigenvalue weighted by molar-refractivity contribution is 5.17. The van der Waals surface area contributed by atoms with Gasteiger partial charge in [-0.3, -0.25) is 0 Å². The molecule has 0 spiro atoms. The largest absolute Gasteiger partial charge is 0.392 e. The second kappa shape index (κ2) is 2.13. The zero-order valence-corrected chi connectivity index (χ0v) is 8.71. The molecule has 0 aromatic heterocycles. The van der Waals surface area contributed by atoms with Gasteiger partial charge in [0.15, 0.2) is 0 Å². The van der Waals surface area contributed by atoms with E-state index in [9.17, 15) is 5.11 Å². The molecule has 74 valence electrons. The molecule has 3 aliphatic carbocycles. The fourth-order valence-electron chi connectivity index (χ4n) is 4.88. The molecular weight excluding hydrogens is 160 g/mol. The summed E-state index contributed by atoms with van der Waals surface area (Å²) in [6.45, 7) is 4.77. The summed E-state index contributed by atoms with van der Waals surface area (Å²) in [4.78, 5) is 0. The van der Waals surface area contributed by atoms with Crippen LogP contribution in [0.15, 0.2) is 0 Å². The third kappa shape index (κ3) is 0.674. The van der Waals surface area contributed by atoms with E-state index in [1.165, 1.54) is 32.1 Å². The van der Waals surface area contributed by atoms with Gasteiger partial charge in [-0.15, -0.1) is 0 Å². The number of hydrogen-bond acceptors (Lipinski definition) is 1. The van der Waals surface area contributed by atoms with Crippen molar-refractivity contribution in [1.29, 1.82) is 0 Å². The molecule has 0 saturated heterocycles. The maximum atomic E-state index is 10.3. The number of aliphatic hydroxyl groups is 1. The van der Waals surface area contributed by atoms with Gasteiger partial charge in [0.05, 0.1) is 6.10 Å². The third-order valence-electron chi connectivity index (χ3n) is 5.91. The maximum absolute atomic E-state index is 10.3. The Balaban J connectivity index is 2.12. The predicted molar refractivity (Wildman–Crippen MR) is 52.3 cm³/mol. The topological polar surface area (TPSA) is 20.2 Å². The van der Waals surface area contributed by atoms with Crippen LogP contribution in [0.2, 0.25) is 0 Å². The molecule has 1 N–H and O–H groups in total. The second-order valence-corrected chi connectivity index (χ2v) is 5.98. The molecule has 0 amide bonds. The minimum atomic E-state index is 0.0127. The van der Waals surface area contributed by atoms with Crippen molar-refractivity contribution in [3.05, 3.63) is 0 Å². The smallest absolute Gasteiger partial charge is 0.0630 e. The molecule has 0 radical (unpaired) electrons. The molecule has 0 aliphatic heterocycles. The maximum Gasteiger partial charge on any atom is 0.0630 e. The van der Waals surface area contributed by atoms with E-state index in [0.717, 1.165) is 5.92 Å². The fourth-order valence-corrected chi connectivity index (χ4v) is 4.88. The van der Waals surface area contributed by atoms with Gasteiger partial charge < -0.3 is 5.11 Å². The van der Waals surface area contributed by atoms with Gasteiger partial charge in [0, 0.05) is 0 Å². The second-order valence-electron chi connectivity index (χ2n) is 5.98. The van der Waals surface area contributed by atoms with Crippen molar-refractivity contribution in [2.24, 2.45) is 22.7 Å². The van der Waals surface area contributed by atoms with E-state index in [1.807, 2.05) is 0 Å². The molecule has 0 aromatic rings. The average molecular weight is 180 g/mol. The Morgan fingerprint density at radius 2 is 1.85 bits per heavy atom. The molecule has 3 saturated carbocycles. The van der Waals surface area contributed by atoms with Crippen LogP contribution in [0.1, 0.15) is 46.0 Å². The van der Waals surface area contributed by atoms with Crippen molar-refractivity contribution in [2.45, 2.75) is 52.1 Å². The molecule has 3 rings (SSSR count). The van der Waals surface area contributed by atoms with Gasteiger partial charge in [0.25, 0.3) is 0 Å². The van der Waals surface area contributed by atoms with Crippen LogP contribution in [0.25, 0.3) is 0 Å². The van der Waals surface area contributed by atoms with Crippen molar-refractivity contribution in [3.8, 4) is 0 Å². The number of aliphatic hydroxyl groups excluding tert-OH is 1. The third-order valence-corrected chi connectivity index (χ3v) is 5.91. The lowest BCUT2D eigenvalue weighted by Gasteiger charge is -2.39. The summed E-state index contributed by atoms with van der Waals surface area (Å²) in [6, 6.07) is 0. The van der Waals surface area contributed by atoms with Crippen LogP contribution < -0.4 is 0 Å². The summed E-state index contributed by atoms with van der Waals surface area (Å²) in [5, 5.41) is 10.3. The Kier molecular flexibility index (Phi) is 1.36. The zero-order chi connectivity index (χ0) is 9.27.